The molecule has 2 rings (SSSR count). The number of piperidine rings is 1. The lowest BCUT2D eigenvalue weighted by Gasteiger charge is -2.38. The van der Waals surface area contributed by atoms with Gasteiger partial charge in [0.1, 0.15) is 0 Å². The highest BCUT2D eigenvalue weighted by atomic mass is 35.5. The molecule has 1 fully saturated rings. The van der Waals surface area contributed by atoms with Crippen LogP contribution in [0.25, 0.3) is 0 Å². The maximum absolute atomic E-state index is 6.14. The topological polar surface area (TPSA) is 29.3 Å². The summed E-state index contributed by atoms with van der Waals surface area (Å²) in [4.78, 5) is 2.47. The maximum atomic E-state index is 6.14. The smallest absolute Gasteiger partial charge is 0.0426 e. The van der Waals surface area contributed by atoms with Crippen molar-refractivity contribution in [2.45, 2.75) is 26.7 Å². The molecular formula is C15H23ClN2. The second kappa shape index (κ2) is 5.94. The van der Waals surface area contributed by atoms with Crippen LogP contribution >= 0.6 is 11.6 Å². The lowest BCUT2D eigenvalue weighted by atomic mass is 9.88. The number of benzene rings is 1. The molecule has 1 saturated heterocycles. The lowest BCUT2D eigenvalue weighted by Crippen LogP contribution is -2.39. The fraction of sp³-hybridized carbons (Fsp3) is 0.600. The quantitative estimate of drug-likeness (QED) is 0.909. The third-order valence-electron chi connectivity index (χ3n) is 4.14. The number of anilines is 1. The van der Waals surface area contributed by atoms with Gasteiger partial charge in [-0.05, 0) is 48.9 Å². The molecule has 2 N–H and O–H groups in total. The monoisotopic (exact) mass is 266 g/mol. The fourth-order valence-corrected chi connectivity index (χ4v) is 2.85. The van der Waals surface area contributed by atoms with E-state index in [4.69, 9.17) is 17.3 Å². The van der Waals surface area contributed by atoms with Crippen LogP contribution in [0, 0.1) is 11.8 Å². The number of hydrogen-bond donors (Lipinski definition) is 1. The van der Waals surface area contributed by atoms with Gasteiger partial charge in [0.05, 0.1) is 0 Å². The van der Waals surface area contributed by atoms with Crippen molar-refractivity contribution in [3.8, 4) is 0 Å². The van der Waals surface area contributed by atoms with Crippen LogP contribution < -0.4 is 10.6 Å². The average molecular weight is 267 g/mol. The van der Waals surface area contributed by atoms with E-state index < -0.39 is 0 Å². The molecule has 0 aliphatic carbocycles. The molecular weight excluding hydrogens is 244 g/mol. The van der Waals surface area contributed by atoms with E-state index in [1.54, 1.807) is 0 Å². The standard InChI is InChI=1S/C15H23ClN2/c1-11-6-8-18(10-12(11)2)15-9-14(16)4-3-13(15)5-7-17/h3-4,9,11-12H,5-8,10,17H2,1-2H3. The molecule has 1 aromatic carbocycles. The predicted octanol–water partition coefficient (Wildman–Crippen LogP) is 3.32. The molecule has 100 valence electrons. The normalized spacial score (nSPS) is 24.3. The number of nitrogens with zero attached hydrogens (tertiary/aromatic N) is 1. The maximum Gasteiger partial charge on any atom is 0.0426 e. The summed E-state index contributed by atoms with van der Waals surface area (Å²) >= 11 is 6.14. The van der Waals surface area contributed by atoms with Gasteiger partial charge in [-0.1, -0.05) is 31.5 Å². The van der Waals surface area contributed by atoms with E-state index >= 15 is 0 Å². The molecule has 1 aromatic rings. The molecule has 0 bridgehead atoms. The first kappa shape index (κ1) is 13.7. The van der Waals surface area contributed by atoms with E-state index in [1.165, 1.54) is 17.7 Å². The van der Waals surface area contributed by atoms with Crippen LogP contribution in [0.2, 0.25) is 5.02 Å². The minimum Gasteiger partial charge on any atom is -0.371 e. The van der Waals surface area contributed by atoms with Crippen molar-refractivity contribution in [3.63, 3.8) is 0 Å². The molecule has 0 aromatic heterocycles. The zero-order valence-corrected chi connectivity index (χ0v) is 12.1. The summed E-state index contributed by atoms with van der Waals surface area (Å²) in [7, 11) is 0. The van der Waals surface area contributed by atoms with Crippen molar-refractivity contribution in [3.05, 3.63) is 28.8 Å². The Morgan fingerprint density at radius 3 is 2.78 bits per heavy atom. The van der Waals surface area contributed by atoms with Gasteiger partial charge in [0, 0.05) is 23.8 Å². The van der Waals surface area contributed by atoms with Crippen LogP contribution in [0.5, 0.6) is 0 Å². The van der Waals surface area contributed by atoms with Crippen LogP contribution in [0.4, 0.5) is 5.69 Å². The van der Waals surface area contributed by atoms with Gasteiger partial charge >= 0.3 is 0 Å². The summed E-state index contributed by atoms with van der Waals surface area (Å²) in [5.41, 5.74) is 8.30. The second-order valence-electron chi connectivity index (χ2n) is 5.50. The van der Waals surface area contributed by atoms with Gasteiger partial charge in [0.2, 0.25) is 0 Å². The molecule has 2 atom stereocenters. The lowest BCUT2D eigenvalue weighted by molar-refractivity contribution is 0.323. The molecule has 3 heteroatoms. The van der Waals surface area contributed by atoms with Crippen LogP contribution in [0.1, 0.15) is 25.8 Å². The van der Waals surface area contributed by atoms with Gasteiger partial charge in [-0.2, -0.15) is 0 Å². The Hall–Kier alpha value is -0.730. The minimum absolute atomic E-state index is 0.689. The summed E-state index contributed by atoms with van der Waals surface area (Å²) in [6.07, 6.45) is 2.18. The Morgan fingerprint density at radius 1 is 1.33 bits per heavy atom. The van der Waals surface area contributed by atoms with E-state index in [1.807, 2.05) is 6.07 Å². The predicted molar refractivity (Wildman–Crippen MR) is 79.4 cm³/mol. The summed E-state index contributed by atoms with van der Waals surface area (Å²) < 4.78 is 0. The molecule has 0 amide bonds. The van der Waals surface area contributed by atoms with Gasteiger partial charge < -0.3 is 10.6 Å². The Balaban J connectivity index is 2.23. The molecule has 0 saturated carbocycles. The minimum atomic E-state index is 0.689. The van der Waals surface area contributed by atoms with E-state index in [0.717, 1.165) is 36.4 Å². The molecule has 0 radical (unpaired) electrons. The third-order valence-corrected chi connectivity index (χ3v) is 4.37. The molecule has 0 spiro atoms. The summed E-state index contributed by atoms with van der Waals surface area (Å²) in [5.74, 6) is 1.56. The van der Waals surface area contributed by atoms with Crippen LogP contribution in [0.3, 0.4) is 0 Å². The van der Waals surface area contributed by atoms with Gasteiger partial charge in [0.15, 0.2) is 0 Å². The van der Waals surface area contributed by atoms with E-state index in [9.17, 15) is 0 Å². The van der Waals surface area contributed by atoms with Crippen LogP contribution in [-0.2, 0) is 6.42 Å². The number of hydrogen-bond acceptors (Lipinski definition) is 2. The number of nitrogens with two attached hydrogens (primary N) is 1. The molecule has 2 nitrogen and oxygen atoms in total. The van der Waals surface area contributed by atoms with Gasteiger partial charge in [-0.25, -0.2) is 0 Å². The van der Waals surface area contributed by atoms with Crippen LogP contribution in [-0.4, -0.2) is 19.6 Å². The van der Waals surface area contributed by atoms with Crippen molar-refractivity contribution in [1.82, 2.24) is 0 Å². The molecule has 1 heterocycles. The Morgan fingerprint density at radius 2 is 2.11 bits per heavy atom. The molecule has 18 heavy (non-hydrogen) atoms. The highest BCUT2D eigenvalue weighted by molar-refractivity contribution is 6.30. The average Bonchev–Trinajstić information content (AvgIpc) is 2.35. The Kier molecular flexibility index (Phi) is 4.52. The first-order valence-electron chi connectivity index (χ1n) is 6.85. The zero-order valence-electron chi connectivity index (χ0n) is 11.3. The highest BCUT2D eigenvalue weighted by Gasteiger charge is 2.24. The fourth-order valence-electron chi connectivity index (χ4n) is 2.68. The van der Waals surface area contributed by atoms with Crippen molar-refractivity contribution in [1.29, 1.82) is 0 Å². The van der Waals surface area contributed by atoms with E-state index in [2.05, 4.69) is 30.9 Å². The van der Waals surface area contributed by atoms with Gasteiger partial charge in [-0.15, -0.1) is 0 Å². The van der Waals surface area contributed by atoms with Crippen molar-refractivity contribution < 1.29 is 0 Å². The zero-order chi connectivity index (χ0) is 13.1. The third kappa shape index (κ3) is 2.99. The number of rotatable bonds is 3. The Bertz CT molecular complexity index is 405. The van der Waals surface area contributed by atoms with Crippen LogP contribution in [0.15, 0.2) is 18.2 Å². The molecule has 1 aliphatic rings. The van der Waals surface area contributed by atoms with Gasteiger partial charge in [-0.3, -0.25) is 0 Å². The second-order valence-corrected chi connectivity index (χ2v) is 5.94. The van der Waals surface area contributed by atoms with E-state index in [-0.39, 0.29) is 0 Å². The van der Waals surface area contributed by atoms with Gasteiger partial charge in [0.25, 0.3) is 0 Å². The first-order chi connectivity index (χ1) is 8.61. The van der Waals surface area contributed by atoms with E-state index in [0.29, 0.717) is 6.54 Å². The van der Waals surface area contributed by atoms with Crippen molar-refractivity contribution in [2.24, 2.45) is 17.6 Å². The highest BCUT2D eigenvalue weighted by Crippen LogP contribution is 2.31. The summed E-state index contributed by atoms with van der Waals surface area (Å²) in [5, 5.41) is 0.817. The number of halogens is 1. The summed E-state index contributed by atoms with van der Waals surface area (Å²) in [6, 6.07) is 6.18. The largest absolute Gasteiger partial charge is 0.371 e. The first-order valence-corrected chi connectivity index (χ1v) is 7.23. The molecule has 1 aliphatic heterocycles. The van der Waals surface area contributed by atoms with Crippen molar-refractivity contribution >= 4 is 17.3 Å². The SMILES string of the molecule is CC1CCN(c2cc(Cl)ccc2CCN)CC1C. The molecule has 2 unspecified atom stereocenters. The summed E-state index contributed by atoms with van der Waals surface area (Å²) in [6.45, 7) is 7.63. The van der Waals surface area contributed by atoms with Crippen molar-refractivity contribution in [2.75, 3.05) is 24.5 Å². The Labute approximate surface area is 115 Å².